The summed E-state index contributed by atoms with van der Waals surface area (Å²) in [6, 6.07) is 8.32. The van der Waals surface area contributed by atoms with Crippen LogP contribution >= 0.6 is 0 Å². The third-order valence-corrected chi connectivity index (χ3v) is 3.00. The van der Waals surface area contributed by atoms with Crippen molar-refractivity contribution in [3.05, 3.63) is 35.4 Å². The Hall–Kier alpha value is -1.39. The second-order valence-corrected chi connectivity index (χ2v) is 4.70. The number of rotatable bonds is 4. The van der Waals surface area contributed by atoms with Crippen LogP contribution in [0.4, 0.5) is 0 Å². The van der Waals surface area contributed by atoms with Gasteiger partial charge in [0, 0.05) is 25.6 Å². The highest BCUT2D eigenvalue weighted by Gasteiger charge is 2.16. The fourth-order valence-corrected chi connectivity index (χ4v) is 2.07. The maximum absolute atomic E-state index is 11.8. The Balaban J connectivity index is 1.74. The van der Waals surface area contributed by atoms with Crippen LogP contribution in [0.5, 0.6) is 0 Å². The quantitative estimate of drug-likeness (QED) is 0.835. The number of amides is 1. The fourth-order valence-electron chi connectivity index (χ4n) is 2.07. The van der Waals surface area contributed by atoms with Gasteiger partial charge in [0.1, 0.15) is 0 Å². The first kappa shape index (κ1) is 13.1. The zero-order valence-electron chi connectivity index (χ0n) is 10.7. The molecule has 1 aromatic carbocycles. The summed E-state index contributed by atoms with van der Waals surface area (Å²) in [6.45, 7) is 4.83. The Morgan fingerprint density at radius 2 is 2.44 bits per heavy atom. The molecule has 18 heavy (non-hydrogen) atoms. The van der Waals surface area contributed by atoms with E-state index in [0.717, 1.165) is 18.7 Å². The van der Waals surface area contributed by atoms with E-state index in [1.807, 2.05) is 12.1 Å². The van der Waals surface area contributed by atoms with Crippen molar-refractivity contribution in [3.63, 3.8) is 0 Å². The van der Waals surface area contributed by atoms with Gasteiger partial charge in [0.05, 0.1) is 13.2 Å². The lowest BCUT2D eigenvalue weighted by molar-refractivity contribution is -0.122. The fraction of sp³-hybridized carbons (Fsp3) is 0.500. The van der Waals surface area contributed by atoms with Crippen LogP contribution in [0.2, 0.25) is 0 Å². The predicted octanol–water partition coefficient (Wildman–Crippen LogP) is 0.990. The van der Waals surface area contributed by atoms with Gasteiger partial charge in [0.15, 0.2) is 0 Å². The van der Waals surface area contributed by atoms with Gasteiger partial charge < -0.3 is 15.4 Å². The maximum atomic E-state index is 11.8. The Morgan fingerprint density at radius 3 is 3.17 bits per heavy atom. The van der Waals surface area contributed by atoms with Crippen LogP contribution in [0.1, 0.15) is 17.5 Å². The van der Waals surface area contributed by atoms with Gasteiger partial charge in [-0.3, -0.25) is 4.79 Å². The Morgan fingerprint density at radius 1 is 1.56 bits per heavy atom. The standard InChI is InChI=1S/C14H20N2O2/c1-11-3-2-4-12(7-11)9-16-14(17)8-13-10-18-6-5-15-13/h2-4,7,13,15H,5-6,8-10H2,1H3,(H,16,17). The summed E-state index contributed by atoms with van der Waals surface area (Å²) in [5.74, 6) is 0.0690. The van der Waals surface area contributed by atoms with Crippen molar-refractivity contribution in [1.29, 1.82) is 0 Å². The van der Waals surface area contributed by atoms with Gasteiger partial charge in [0.25, 0.3) is 0 Å². The Kier molecular flexibility index (Phi) is 4.73. The lowest BCUT2D eigenvalue weighted by Gasteiger charge is -2.23. The number of nitrogens with one attached hydrogen (secondary N) is 2. The molecule has 98 valence electrons. The highest BCUT2D eigenvalue weighted by molar-refractivity contribution is 5.76. The Bertz CT molecular complexity index is 401. The van der Waals surface area contributed by atoms with E-state index in [4.69, 9.17) is 4.74 Å². The highest BCUT2D eigenvalue weighted by Crippen LogP contribution is 2.04. The first-order valence-electron chi connectivity index (χ1n) is 6.37. The van der Waals surface area contributed by atoms with E-state index in [1.54, 1.807) is 0 Å². The van der Waals surface area contributed by atoms with Crippen LogP contribution in [-0.2, 0) is 16.1 Å². The molecule has 1 aromatic rings. The van der Waals surface area contributed by atoms with Crippen molar-refractivity contribution >= 4 is 5.91 Å². The highest BCUT2D eigenvalue weighted by atomic mass is 16.5. The summed E-state index contributed by atoms with van der Waals surface area (Å²) < 4.78 is 5.32. The summed E-state index contributed by atoms with van der Waals surface area (Å²) in [5, 5.41) is 6.21. The molecule has 1 atom stereocenters. The van der Waals surface area contributed by atoms with Crippen LogP contribution in [0.25, 0.3) is 0 Å². The van der Waals surface area contributed by atoms with Crippen molar-refractivity contribution in [2.24, 2.45) is 0 Å². The van der Waals surface area contributed by atoms with Crippen LogP contribution < -0.4 is 10.6 Å². The molecule has 2 N–H and O–H groups in total. The predicted molar refractivity (Wildman–Crippen MR) is 70.3 cm³/mol. The molecule has 1 fully saturated rings. The summed E-state index contributed by atoms with van der Waals surface area (Å²) >= 11 is 0. The van der Waals surface area contributed by atoms with Crippen molar-refractivity contribution in [2.75, 3.05) is 19.8 Å². The molecule has 4 nitrogen and oxygen atoms in total. The molecule has 0 aliphatic carbocycles. The first-order valence-corrected chi connectivity index (χ1v) is 6.37. The van der Waals surface area contributed by atoms with Crippen LogP contribution in [0.3, 0.4) is 0 Å². The van der Waals surface area contributed by atoms with Gasteiger partial charge in [-0.15, -0.1) is 0 Å². The molecule has 4 heteroatoms. The van der Waals surface area contributed by atoms with E-state index in [0.29, 0.717) is 19.6 Å². The number of carbonyl (C=O) groups is 1. The van der Waals surface area contributed by atoms with Gasteiger partial charge in [-0.1, -0.05) is 29.8 Å². The average Bonchev–Trinajstić information content (AvgIpc) is 2.38. The number of hydrogen-bond acceptors (Lipinski definition) is 3. The number of morpholine rings is 1. The van der Waals surface area contributed by atoms with Crippen molar-refractivity contribution in [2.45, 2.75) is 25.9 Å². The van der Waals surface area contributed by atoms with Crippen molar-refractivity contribution in [3.8, 4) is 0 Å². The van der Waals surface area contributed by atoms with E-state index in [1.165, 1.54) is 5.56 Å². The summed E-state index contributed by atoms with van der Waals surface area (Å²) in [5.41, 5.74) is 2.35. The third kappa shape index (κ3) is 4.13. The van der Waals surface area contributed by atoms with E-state index >= 15 is 0 Å². The first-order chi connectivity index (χ1) is 8.74. The smallest absolute Gasteiger partial charge is 0.221 e. The molecule has 0 aromatic heterocycles. The molecular formula is C14H20N2O2. The van der Waals surface area contributed by atoms with Crippen LogP contribution in [-0.4, -0.2) is 31.7 Å². The minimum absolute atomic E-state index is 0.0690. The molecule has 1 unspecified atom stereocenters. The molecule has 0 spiro atoms. The summed E-state index contributed by atoms with van der Waals surface area (Å²) in [4.78, 5) is 11.8. The molecule has 2 rings (SSSR count). The topological polar surface area (TPSA) is 50.4 Å². The summed E-state index contributed by atoms with van der Waals surface area (Å²) in [7, 11) is 0. The SMILES string of the molecule is Cc1cccc(CNC(=O)CC2COCCN2)c1. The number of ether oxygens (including phenoxy) is 1. The molecule has 0 bridgehead atoms. The number of aryl methyl sites for hydroxylation is 1. The van der Waals surface area contributed by atoms with Crippen molar-refractivity contribution < 1.29 is 9.53 Å². The molecule has 0 radical (unpaired) electrons. The second kappa shape index (κ2) is 6.52. The molecular weight excluding hydrogens is 228 g/mol. The zero-order chi connectivity index (χ0) is 12.8. The molecule has 1 aliphatic rings. The normalized spacial score (nSPS) is 19.5. The average molecular weight is 248 g/mol. The lowest BCUT2D eigenvalue weighted by Crippen LogP contribution is -2.44. The largest absolute Gasteiger partial charge is 0.378 e. The number of carbonyl (C=O) groups excluding carboxylic acids is 1. The summed E-state index contributed by atoms with van der Waals surface area (Å²) in [6.07, 6.45) is 0.478. The van der Waals surface area contributed by atoms with Crippen molar-refractivity contribution in [1.82, 2.24) is 10.6 Å². The molecule has 1 aliphatic heterocycles. The van der Waals surface area contributed by atoms with Gasteiger partial charge in [-0.2, -0.15) is 0 Å². The van der Waals surface area contributed by atoms with Gasteiger partial charge in [0.2, 0.25) is 5.91 Å². The van der Waals surface area contributed by atoms with E-state index in [9.17, 15) is 4.79 Å². The third-order valence-electron chi connectivity index (χ3n) is 3.00. The second-order valence-electron chi connectivity index (χ2n) is 4.70. The van der Waals surface area contributed by atoms with Gasteiger partial charge in [-0.05, 0) is 12.5 Å². The minimum atomic E-state index is 0.0690. The molecule has 1 saturated heterocycles. The number of hydrogen-bond donors (Lipinski definition) is 2. The molecule has 1 amide bonds. The molecule has 0 saturated carbocycles. The van der Waals surface area contributed by atoms with Crippen LogP contribution in [0.15, 0.2) is 24.3 Å². The van der Waals surface area contributed by atoms with E-state index < -0.39 is 0 Å². The maximum Gasteiger partial charge on any atom is 0.221 e. The van der Waals surface area contributed by atoms with E-state index in [2.05, 4.69) is 29.7 Å². The Labute approximate surface area is 108 Å². The van der Waals surface area contributed by atoms with Crippen LogP contribution in [0, 0.1) is 6.92 Å². The molecule has 1 heterocycles. The minimum Gasteiger partial charge on any atom is -0.378 e. The van der Waals surface area contributed by atoms with Gasteiger partial charge in [-0.25, -0.2) is 0 Å². The van der Waals surface area contributed by atoms with Gasteiger partial charge >= 0.3 is 0 Å². The zero-order valence-corrected chi connectivity index (χ0v) is 10.7. The lowest BCUT2D eigenvalue weighted by atomic mass is 10.1. The number of benzene rings is 1. The van der Waals surface area contributed by atoms with E-state index in [-0.39, 0.29) is 11.9 Å². The monoisotopic (exact) mass is 248 g/mol.